The second-order valence-corrected chi connectivity index (χ2v) is 9.68. The molecule has 0 spiro atoms. The molecule has 0 N–H and O–H groups in total. The molecule has 0 aliphatic heterocycles. The molecule has 1 heterocycles. The number of non-ortho nitro benzene ring substituents is 1. The first-order valence-corrected chi connectivity index (χ1v) is 11.2. The number of hydrogen-bond acceptors (Lipinski definition) is 6. The van der Waals surface area contributed by atoms with Crippen LogP contribution in [0.2, 0.25) is 0 Å². The molecule has 2 aliphatic rings. The molecular formula is C25H28N2O5. The van der Waals surface area contributed by atoms with Crippen molar-refractivity contribution in [3.8, 4) is 11.1 Å². The van der Waals surface area contributed by atoms with E-state index < -0.39 is 10.9 Å². The van der Waals surface area contributed by atoms with Crippen LogP contribution in [0.15, 0.2) is 24.3 Å². The lowest BCUT2D eigenvalue weighted by Crippen LogP contribution is -2.30. The van der Waals surface area contributed by atoms with E-state index in [4.69, 9.17) is 4.74 Å². The van der Waals surface area contributed by atoms with Gasteiger partial charge in [0, 0.05) is 29.7 Å². The molecule has 0 unspecified atom stereocenters. The predicted molar refractivity (Wildman–Crippen MR) is 120 cm³/mol. The Kier molecular flexibility index (Phi) is 5.84. The third-order valence-corrected chi connectivity index (χ3v) is 6.41. The van der Waals surface area contributed by atoms with E-state index in [2.05, 4.69) is 4.98 Å². The first-order valence-electron chi connectivity index (χ1n) is 11.2. The topological polar surface area (TPSA) is 99.4 Å². The molecule has 0 saturated heterocycles. The molecule has 1 aromatic carbocycles. The number of nitro groups is 1. The predicted octanol–water partition coefficient (Wildman–Crippen LogP) is 5.61. The second-order valence-electron chi connectivity index (χ2n) is 9.68. The fourth-order valence-corrected chi connectivity index (χ4v) is 4.91. The standard InChI is InChI=1S/C25H28N2O5/c1-15-21(24(29)32-18-7-5-4-6-8-18)22(16-9-11-17(12-10-16)27(30)31)23-19(26-15)13-25(2,3)14-20(23)28/h9-12,18H,4-8,13-14H2,1-3H3. The number of fused-ring (bicyclic) bond motifs is 1. The SMILES string of the molecule is Cc1nc2c(c(-c3ccc([N+](=O)[O-])cc3)c1C(=O)OC1CCCCC1)C(=O)CC(C)(C)C2. The first-order chi connectivity index (χ1) is 15.2. The zero-order chi connectivity index (χ0) is 23.0. The summed E-state index contributed by atoms with van der Waals surface area (Å²) in [5.41, 5.74) is 2.72. The Balaban J connectivity index is 1.87. The smallest absolute Gasteiger partial charge is 0.340 e. The Labute approximate surface area is 187 Å². The quantitative estimate of drug-likeness (QED) is 0.351. The number of Topliss-reactive ketones (excluding diaryl/α,β-unsaturated/α-hetero) is 1. The molecule has 2 aliphatic carbocycles. The van der Waals surface area contributed by atoms with Crippen LogP contribution in [0.3, 0.4) is 0 Å². The molecule has 32 heavy (non-hydrogen) atoms. The fourth-order valence-electron chi connectivity index (χ4n) is 4.91. The zero-order valence-electron chi connectivity index (χ0n) is 18.8. The van der Waals surface area contributed by atoms with Crippen molar-refractivity contribution in [3.05, 3.63) is 56.9 Å². The van der Waals surface area contributed by atoms with Crippen molar-refractivity contribution in [1.82, 2.24) is 4.98 Å². The van der Waals surface area contributed by atoms with E-state index in [-0.39, 0.29) is 28.6 Å². The average Bonchev–Trinajstić information content (AvgIpc) is 2.72. The van der Waals surface area contributed by atoms with Crippen molar-refractivity contribution in [2.45, 2.75) is 71.8 Å². The number of nitro benzene ring substituents is 1. The van der Waals surface area contributed by atoms with Crippen LogP contribution in [-0.4, -0.2) is 27.8 Å². The number of esters is 1. The van der Waals surface area contributed by atoms with Crippen molar-refractivity contribution in [2.75, 3.05) is 0 Å². The Morgan fingerprint density at radius 2 is 1.75 bits per heavy atom. The lowest BCUT2D eigenvalue weighted by atomic mass is 9.73. The van der Waals surface area contributed by atoms with E-state index in [9.17, 15) is 19.7 Å². The Morgan fingerprint density at radius 3 is 2.38 bits per heavy atom. The number of ketones is 1. The summed E-state index contributed by atoms with van der Waals surface area (Å²) in [5.74, 6) is -0.542. The van der Waals surface area contributed by atoms with Gasteiger partial charge in [-0.15, -0.1) is 0 Å². The third-order valence-electron chi connectivity index (χ3n) is 6.41. The lowest BCUT2D eigenvalue weighted by molar-refractivity contribution is -0.384. The monoisotopic (exact) mass is 436 g/mol. The lowest BCUT2D eigenvalue weighted by Gasteiger charge is -2.32. The first kappa shape index (κ1) is 22.1. The van der Waals surface area contributed by atoms with Crippen LogP contribution in [-0.2, 0) is 11.2 Å². The molecule has 0 atom stereocenters. The number of aryl methyl sites for hydroxylation is 1. The van der Waals surface area contributed by atoms with Gasteiger partial charge in [-0.2, -0.15) is 0 Å². The summed E-state index contributed by atoms with van der Waals surface area (Å²) < 4.78 is 5.85. The van der Waals surface area contributed by atoms with Gasteiger partial charge >= 0.3 is 5.97 Å². The summed E-state index contributed by atoms with van der Waals surface area (Å²) in [6.45, 7) is 5.82. The van der Waals surface area contributed by atoms with Crippen LogP contribution in [0.25, 0.3) is 11.1 Å². The van der Waals surface area contributed by atoms with Crippen molar-refractivity contribution in [1.29, 1.82) is 0 Å². The van der Waals surface area contributed by atoms with E-state index >= 15 is 0 Å². The zero-order valence-corrected chi connectivity index (χ0v) is 18.8. The Hall–Kier alpha value is -3.09. The number of ether oxygens (including phenoxy) is 1. The summed E-state index contributed by atoms with van der Waals surface area (Å²) in [6.07, 6.45) is 5.71. The van der Waals surface area contributed by atoms with Crippen LogP contribution >= 0.6 is 0 Å². The van der Waals surface area contributed by atoms with Gasteiger partial charge in [-0.3, -0.25) is 19.9 Å². The van der Waals surface area contributed by atoms with Crippen LogP contribution in [0, 0.1) is 22.5 Å². The van der Waals surface area contributed by atoms with Crippen LogP contribution < -0.4 is 0 Å². The third kappa shape index (κ3) is 4.29. The van der Waals surface area contributed by atoms with E-state index in [0.717, 1.165) is 32.1 Å². The Morgan fingerprint density at radius 1 is 1.09 bits per heavy atom. The number of rotatable bonds is 4. The highest BCUT2D eigenvalue weighted by atomic mass is 16.6. The molecule has 1 saturated carbocycles. The van der Waals surface area contributed by atoms with Gasteiger partial charge in [0.25, 0.3) is 5.69 Å². The summed E-state index contributed by atoms with van der Waals surface area (Å²) in [4.78, 5) is 41.9. The van der Waals surface area contributed by atoms with Gasteiger partial charge in [0.05, 0.1) is 21.9 Å². The molecule has 0 amide bonds. The Bertz CT molecular complexity index is 1080. The van der Waals surface area contributed by atoms with Crippen molar-refractivity contribution in [3.63, 3.8) is 0 Å². The number of aromatic nitrogens is 1. The molecular weight excluding hydrogens is 408 g/mol. The minimum Gasteiger partial charge on any atom is -0.459 e. The van der Waals surface area contributed by atoms with Crippen molar-refractivity contribution >= 4 is 17.4 Å². The van der Waals surface area contributed by atoms with Crippen LogP contribution in [0.1, 0.15) is 84.5 Å². The number of hydrogen-bond donors (Lipinski definition) is 0. The molecule has 0 bridgehead atoms. The van der Waals surface area contributed by atoms with Crippen LogP contribution in [0.5, 0.6) is 0 Å². The highest BCUT2D eigenvalue weighted by molar-refractivity contribution is 6.10. The van der Waals surface area contributed by atoms with E-state index in [0.29, 0.717) is 40.9 Å². The fraction of sp³-hybridized carbons (Fsp3) is 0.480. The molecule has 168 valence electrons. The van der Waals surface area contributed by atoms with E-state index in [1.54, 1.807) is 19.1 Å². The van der Waals surface area contributed by atoms with Gasteiger partial charge in [-0.1, -0.05) is 20.3 Å². The highest BCUT2D eigenvalue weighted by Crippen LogP contribution is 2.41. The van der Waals surface area contributed by atoms with Crippen molar-refractivity contribution in [2.24, 2.45) is 5.41 Å². The summed E-state index contributed by atoms with van der Waals surface area (Å²) in [6, 6.07) is 5.98. The van der Waals surface area contributed by atoms with Gasteiger partial charge < -0.3 is 4.74 Å². The minimum atomic E-state index is -0.476. The van der Waals surface area contributed by atoms with E-state index in [1.165, 1.54) is 12.1 Å². The molecule has 1 fully saturated rings. The van der Waals surface area contributed by atoms with Crippen LogP contribution in [0.4, 0.5) is 5.69 Å². The molecule has 7 nitrogen and oxygen atoms in total. The molecule has 4 rings (SSSR count). The summed E-state index contributed by atoms with van der Waals surface area (Å²) in [5, 5.41) is 11.1. The number of carbonyl (C=O) groups excluding carboxylic acids is 2. The second kappa shape index (κ2) is 8.45. The summed E-state index contributed by atoms with van der Waals surface area (Å²) in [7, 11) is 0. The number of pyridine rings is 1. The van der Waals surface area contributed by atoms with Crippen molar-refractivity contribution < 1.29 is 19.2 Å². The number of benzene rings is 1. The number of carbonyl (C=O) groups is 2. The van der Waals surface area contributed by atoms with Gasteiger partial charge in [0.1, 0.15) is 6.10 Å². The normalized spacial score (nSPS) is 18.2. The minimum absolute atomic E-state index is 0.0489. The average molecular weight is 437 g/mol. The molecule has 2 aromatic rings. The largest absolute Gasteiger partial charge is 0.459 e. The highest BCUT2D eigenvalue weighted by Gasteiger charge is 2.37. The maximum Gasteiger partial charge on any atom is 0.340 e. The molecule has 1 aromatic heterocycles. The van der Waals surface area contributed by atoms with Gasteiger partial charge in [-0.05, 0) is 62.1 Å². The van der Waals surface area contributed by atoms with Gasteiger partial charge in [-0.25, -0.2) is 4.79 Å². The van der Waals surface area contributed by atoms with E-state index in [1.807, 2.05) is 13.8 Å². The maximum absolute atomic E-state index is 13.3. The van der Waals surface area contributed by atoms with Gasteiger partial charge in [0.2, 0.25) is 0 Å². The van der Waals surface area contributed by atoms with Gasteiger partial charge in [0.15, 0.2) is 5.78 Å². The summed E-state index contributed by atoms with van der Waals surface area (Å²) >= 11 is 0. The molecule has 0 radical (unpaired) electrons. The maximum atomic E-state index is 13.3. The molecule has 7 heteroatoms. The number of nitrogens with zero attached hydrogens (tertiary/aromatic N) is 2.